The Kier molecular flexibility index (Phi) is 3.53. The zero-order valence-electron chi connectivity index (χ0n) is 13.9. The quantitative estimate of drug-likeness (QED) is 0.809. The van der Waals surface area contributed by atoms with Gasteiger partial charge in [0.1, 0.15) is 11.5 Å². The lowest BCUT2D eigenvalue weighted by Gasteiger charge is -2.41. The minimum absolute atomic E-state index is 0.221. The van der Waals surface area contributed by atoms with Gasteiger partial charge in [0.2, 0.25) is 0 Å². The number of ketones is 1. The first-order valence-corrected chi connectivity index (χ1v) is 8.24. The van der Waals surface area contributed by atoms with Crippen molar-refractivity contribution in [3.05, 3.63) is 42.0 Å². The van der Waals surface area contributed by atoms with Gasteiger partial charge in [0.25, 0.3) is 0 Å². The number of benzene rings is 2. The molecule has 24 heavy (non-hydrogen) atoms. The molecule has 1 saturated heterocycles. The van der Waals surface area contributed by atoms with Gasteiger partial charge in [-0.25, -0.2) is 4.79 Å². The van der Waals surface area contributed by atoms with E-state index in [9.17, 15) is 9.59 Å². The zero-order valence-corrected chi connectivity index (χ0v) is 13.9. The molecule has 5 heteroatoms. The number of hydrogen-bond donors (Lipinski definition) is 0. The van der Waals surface area contributed by atoms with Gasteiger partial charge in [0.15, 0.2) is 0 Å². The number of fused-ring (bicyclic) bond motifs is 3. The van der Waals surface area contributed by atoms with Gasteiger partial charge >= 0.3 is 6.09 Å². The van der Waals surface area contributed by atoms with Crippen molar-refractivity contribution in [2.75, 3.05) is 27.2 Å². The van der Waals surface area contributed by atoms with Crippen LogP contribution in [0.1, 0.15) is 18.0 Å². The maximum Gasteiger partial charge on any atom is 0.415 e. The molecule has 2 aliphatic heterocycles. The molecule has 0 saturated carbocycles. The summed E-state index contributed by atoms with van der Waals surface area (Å²) in [5.41, 5.74) is 0.948. The molecule has 2 aliphatic rings. The summed E-state index contributed by atoms with van der Waals surface area (Å²) in [5.74, 6) is 0.563. The number of piperidine rings is 1. The molecule has 1 fully saturated rings. The van der Waals surface area contributed by atoms with E-state index >= 15 is 0 Å². The van der Waals surface area contributed by atoms with E-state index in [-0.39, 0.29) is 17.7 Å². The molecule has 1 amide bonds. The second kappa shape index (κ2) is 5.60. The lowest BCUT2D eigenvalue weighted by Crippen LogP contribution is -2.49. The van der Waals surface area contributed by atoms with E-state index < -0.39 is 6.09 Å². The highest BCUT2D eigenvalue weighted by molar-refractivity contribution is 5.93. The third kappa shape index (κ3) is 2.27. The highest BCUT2D eigenvalue weighted by Crippen LogP contribution is 2.44. The molecule has 0 aromatic heterocycles. The van der Waals surface area contributed by atoms with Crippen LogP contribution in [0, 0.1) is 5.92 Å². The molecular weight excluding hydrogens is 304 g/mol. The maximum absolute atomic E-state index is 12.6. The summed E-state index contributed by atoms with van der Waals surface area (Å²) in [7, 11) is 3.74. The number of likely N-dealkylation sites (tertiary alicyclic amines) is 1. The number of carbonyl (C=O) groups excluding carboxylic acids is 2. The minimum atomic E-state index is -0.399. The van der Waals surface area contributed by atoms with Gasteiger partial charge in [-0.3, -0.25) is 4.79 Å². The standard InChI is InChI=1S/C19H20N2O3/c1-20-10-9-15(22)14(11-20)18-17-13-6-4-3-5-12(13)7-8-16(17)24-19(23)21(18)2/h3-8,14,18H,9-11H2,1-2H3. The Labute approximate surface area is 140 Å². The molecule has 0 N–H and O–H groups in total. The van der Waals surface area contributed by atoms with E-state index in [1.165, 1.54) is 0 Å². The van der Waals surface area contributed by atoms with Crippen LogP contribution in [0.5, 0.6) is 5.75 Å². The van der Waals surface area contributed by atoms with Gasteiger partial charge in [0, 0.05) is 32.1 Å². The van der Waals surface area contributed by atoms with E-state index in [0.717, 1.165) is 22.9 Å². The summed E-state index contributed by atoms with van der Waals surface area (Å²) in [6.45, 7) is 1.43. The number of amides is 1. The summed E-state index contributed by atoms with van der Waals surface area (Å²) in [6.07, 6.45) is 0.129. The number of nitrogens with zero attached hydrogens (tertiary/aromatic N) is 2. The summed E-state index contributed by atoms with van der Waals surface area (Å²) in [4.78, 5) is 28.7. The number of ether oxygens (including phenoxy) is 1. The van der Waals surface area contributed by atoms with Crippen molar-refractivity contribution < 1.29 is 14.3 Å². The Balaban J connectivity index is 1.92. The lowest BCUT2D eigenvalue weighted by atomic mass is 9.82. The smallest absolute Gasteiger partial charge is 0.410 e. The average molecular weight is 324 g/mol. The molecule has 2 unspecified atom stereocenters. The van der Waals surface area contributed by atoms with Crippen LogP contribution in [0.2, 0.25) is 0 Å². The van der Waals surface area contributed by atoms with Gasteiger partial charge in [-0.15, -0.1) is 0 Å². The molecule has 2 aromatic carbocycles. The molecule has 4 rings (SSSR count). The van der Waals surface area contributed by atoms with Crippen LogP contribution in [0.15, 0.2) is 36.4 Å². The van der Waals surface area contributed by atoms with Crippen LogP contribution in [0.3, 0.4) is 0 Å². The van der Waals surface area contributed by atoms with Crippen molar-refractivity contribution in [3.63, 3.8) is 0 Å². The topological polar surface area (TPSA) is 49.9 Å². The first kappa shape index (κ1) is 15.1. The van der Waals surface area contributed by atoms with Gasteiger partial charge in [-0.05, 0) is 23.9 Å². The Morgan fingerprint density at radius 1 is 1.08 bits per heavy atom. The Hall–Kier alpha value is -2.40. The van der Waals surface area contributed by atoms with Gasteiger partial charge in [-0.1, -0.05) is 30.3 Å². The molecule has 0 radical (unpaired) electrons. The predicted octanol–water partition coefficient (Wildman–Crippen LogP) is 2.85. The van der Waals surface area contributed by atoms with E-state index in [2.05, 4.69) is 4.90 Å². The summed E-state index contributed by atoms with van der Waals surface area (Å²) in [6, 6.07) is 11.5. The average Bonchev–Trinajstić information content (AvgIpc) is 2.58. The Morgan fingerprint density at radius 2 is 1.88 bits per heavy atom. The fraction of sp³-hybridized carbons (Fsp3) is 0.368. The number of rotatable bonds is 1. The number of hydrogen-bond acceptors (Lipinski definition) is 4. The molecular formula is C19H20N2O3. The van der Waals surface area contributed by atoms with Gasteiger partial charge < -0.3 is 14.5 Å². The number of carbonyl (C=O) groups is 2. The van der Waals surface area contributed by atoms with E-state index in [1.807, 2.05) is 43.4 Å². The van der Waals surface area contributed by atoms with Crippen LogP contribution in [-0.4, -0.2) is 48.9 Å². The van der Waals surface area contributed by atoms with Crippen molar-refractivity contribution in [1.29, 1.82) is 0 Å². The van der Waals surface area contributed by atoms with Crippen molar-refractivity contribution >= 4 is 22.6 Å². The first-order chi connectivity index (χ1) is 11.6. The maximum atomic E-state index is 12.6. The molecule has 0 spiro atoms. The normalized spacial score (nSPS) is 24.8. The second-order valence-corrected chi connectivity index (χ2v) is 6.71. The van der Waals surface area contributed by atoms with Crippen LogP contribution < -0.4 is 4.74 Å². The van der Waals surface area contributed by atoms with E-state index in [0.29, 0.717) is 18.7 Å². The molecule has 5 nitrogen and oxygen atoms in total. The van der Waals surface area contributed by atoms with Crippen LogP contribution in [0.25, 0.3) is 10.8 Å². The molecule has 2 atom stereocenters. The van der Waals surface area contributed by atoms with Crippen LogP contribution in [0.4, 0.5) is 4.79 Å². The lowest BCUT2D eigenvalue weighted by molar-refractivity contribution is -0.128. The third-order valence-corrected chi connectivity index (χ3v) is 5.17. The summed E-state index contributed by atoms with van der Waals surface area (Å²) in [5, 5.41) is 2.13. The van der Waals surface area contributed by atoms with Crippen molar-refractivity contribution in [3.8, 4) is 5.75 Å². The Bertz CT molecular complexity index is 832. The SMILES string of the molecule is CN1CCC(=O)C(C2c3c(ccc4ccccc34)OC(=O)N2C)C1. The third-order valence-electron chi connectivity index (χ3n) is 5.17. The number of Topliss-reactive ketones (excluding diaryl/α,β-unsaturated/α-hetero) is 1. The van der Waals surface area contributed by atoms with E-state index in [1.54, 1.807) is 11.9 Å². The predicted molar refractivity (Wildman–Crippen MR) is 91.1 cm³/mol. The fourth-order valence-electron chi connectivity index (χ4n) is 3.91. The van der Waals surface area contributed by atoms with Crippen molar-refractivity contribution in [2.45, 2.75) is 12.5 Å². The van der Waals surface area contributed by atoms with E-state index in [4.69, 9.17) is 4.74 Å². The molecule has 0 aliphatic carbocycles. The molecule has 2 aromatic rings. The minimum Gasteiger partial charge on any atom is -0.410 e. The Morgan fingerprint density at radius 3 is 2.71 bits per heavy atom. The summed E-state index contributed by atoms with van der Waals surface area (Å²) >= 11 is 0. The van der Waals surface area contributed by atoms with Gasteiger partial charge in [0.05, 0.1) is 12.0 Å². The molecule has 0 bridgehead atoms. The monoisotopic (exact) mass is 324 g/mol. The van der Waals surface area contributed by atoms with Crippen molar-refractivity contribution in [1.82, 2.24) is 9.80 Å². The highest BCUT2D eigenvalue weighted by atomic mass is 16.6. The first-order valence-electron chi connectivity index (χ1n) is 8.24. The largest absolute Gasteiger partial charge is 0.415 e. The molecule has 124 valence electrons. The second-order valence-electron chi connectivity index (χ2n) is 6.71. The molecule has 2 heterocycles. The van der Waals surface area contributed by atoms with Crippen LogP contribution in [-0.2, 0) is 4.79 Å². The fourth-order valence-corrected chi connectivity index (χ4v) is 3.91. The van der Waals surface area contributed by atoms with Gasteiger partial charge in [-0.2, -0.15) is 0 Å². The highest BCUT2D eigenvalue weighted by Gasteiger charge is 2.42. The zero-order chi connectivity index (χ0) is 16.8. The summed E-state index contributed by atoms with van der Waals surface area (Å²) < 4.78 is 5.50. The van der Waals surface area contributed by atoms with Crippen LogP contribution >= 0.6 is 0 Å². The van der Waals surface area contributed by atoms with Crippen molar-refractivity contribution in [2.24, 2.45) is 5.92 Å².